The molecule has 13 nitrogen and oxygen atoms in total. The van der Waals surface area contributed by atoms with Crippen LogP contribution in [0.2, 0.25) is 0 Å². The largest absolute Gasteiger partial charge is 0.464 e. The topological polar surface area (TPSA) is 159 Å². The van der Waals surface area contributed by atoms with E-state index < -0.39 is 49.4 Å². The first kappa shape index (κ1) is 36.1. The van der Waals surface area contributed by atoms with Crippen molar-refractivity contribution in [3.05, 3.63) is 48.8 Å². The standard InChI is InChI=1S/C31H40ClFN7O6PS/c1-18(28(42)43-15-30(2,3)4)38-47(48,46-21-13-9-11-19-10-7-8-12-20(19)21)44-16-31(14-32)24(41)22(33)27(45-31)40-17-35-23-25(39(5)6)36-29(34)37-26(23)40/h7-13,17-18,22,24,27,41H,14-16H2,1-6H3,(H,38,48)(H2,34,36,37)/t18-,22+,24-,27+,31+,47?/m0/s1. The fourth-order valence-corrected chi connectivity index (χ4v) is 7.85. The second-order valence-corrected chi connectivity index (χ2v) is 16.5. The molecule has 5 rings (SSSR count). The zero-order chi connectivity index (χ0) is 35.0. The van der Waals surface area contributed by atoms with Gasteiger partial charge < -0.3 is 34.3 Å². The molecule has 1 aliphatic rings. The number of carbonyl (C=O) groups excluding carboxylic acids is 1. The molecule has 1 aliphatic heterocycles. The van der Waals surface area contributed by atoms with Crippen molar-refractivity contribution in [3.63, 3.8) is 0 Å². The maximum absolute atomic E-state index is 16.0. The van der Waals surface area contributed by atoms with Crippen LogP contribution >= 0.6 is 18.2 Å². The Kier molecular flexibility index (Phi) is 10.5. The van der Waals surface area contributed by atoms with E-state index in [1.54, 1.807) is 38.1 Å². The first-order chi connectivity index (χ1) is 22.6. The number of halogens is 2. The lowest BCUT2D eigenvalue weighted by Gasteiger charge is -2.33. The second kappa shape index (κ2) is 14.0. The monoisotopic (exact) mass is 723 g/mol. The van der Waals surface area contributed by atoms with Crippen LogP contribution in [-0.4, -0.2) is 87.7 Å². The normalized spacial score (nSPS) is 23.2. The van der Waals surface area contributed by atoms with E-state index in [0.29, 0.717) is 17.1 Å². The summed E-state index contributed by atoms with van der Waals surface area (Å²) in [4.78, 5) is 27.5. The average molecular weight is 724 g/mol. The SMILES string of the molecule is C[C@H](NP(=S)(OC[C@@]1(CCl)O[C@@H](n2cnc3c(N(C)C)nc(N)nc32)[C@H](F)[C@@H]1O)Oc1cccc2ccccc12)C(=O)OCC(C)(C)C. The van der Waals surface area contributed by atoms with Gasteiger partial charge in [-0.3, -0.25) is 9.36 Å². The van der Waals surface area contributed by atoms with Crippen LogP contribution in [-0.2, 0) is 30.6 Å². The first-order valence-electron chi connectivity index (χ1n) is 15.2. The Morgan fingerprint density at radius 2 is 1.98 bits per heavy atom. The summed E-state index contributed by atoms with van der Waals surface area (Å²) in [6.45, 7) is 3.40. The molecule has 1 fully saturated rings. The third kappa shape index (κ3) is 7.52. The Balaban J connectivity index is 1.44. The highest BCUT2D eigenvalue weighted by Gasteiger charge is 2.57. The summed E-state index contributed by atoms with van der Waals surface area (Å²) in [6, 6.07) is 12.0. The molecule has 260 valence electrons. The minimum absolute atomic E-state index is 0.0543. The highest BCUT2D eigenvalue weighted by Crippen LogP contribution is 2.50. The molecule has 3 heterocycles. The molecule has 0 spiro atoms. The highest BCUT2D eigenvalue weighted by molar-refractivity contribution is 8.09. The number of aromatic nitrogens is 4. The summed E-state index contributed by atoms with van der Waals surface area (Å²) >= 11 is 12.4. The maximum Gasteiger partial charge on any atom is 0.323 e. The molecule has 4 aromatic rings. The lowest BCUT2D eigenvalue weighted by atomic mass is 9.99. The Morgan fingerprint density at radius 1 is 1.27 bits per heavy atom. The van der Waals surface area contributed by atoms with Crippen molar-refractivity contribution in [2.75, 3.05) is 43.8 Å². The summed E-state index contributed by atoms with van der Waals surface area (Å²) in [5.74, 6) is -0.189. The minimum atomic E-state index is -3.67. The molecule has 2 aromatic carbocycles. The van der Waals surface area contributed by atoms with Crippen molar-refractivity contribution >= 4 is 69.7 Å². The fraction of sp³-hybridized carbons (Fsp3) is 0.484. The van der Waals surface area contributed by atoms with E-state index in [9.17, 15) is 9.90 Å². The number of rotatable bonds is 12. The van der Waals surface area contributed by atoms with Gasteiger partial charge in [0.1, 0.15) is 23.5 Å². The van der Waals surface area contributed by atoms with E-state index in [0.717, 1.165) is 10.8 Å². The smallest absolute Gasteiger partial charge is 0.323 e. The van der Waals surface area contributed by atoms with Crippen LogP contribution in [0.25, 0.3) is 21.9 Å². The molecule has 2 aromatic heterocycles. The van der Waals surface area contributed by atoms with E-state index in [2.05, 4.69) is 20.0 Å². The number of benzene rings is 2. The predicted octanol–water partition coefficient (Wildman–Crippen LogP) is 4.72. The molecule has 0 bridgehead atoms. The van der Waals surface area contributed by atoms with E-state index in [4.69, 9.17) is 47.7 Å². The van der Waals surface area contributed by atoms with Crippen LogP contribution in [0.15, 0.2) is 48.8 Å². The van der Waals surface area contributed by atoms with Crippen LogP contribution < -0.4 is 20.2 Å². The Labute approximate surface area is 288 Å². The molecule has 17 heteroatoms. The number of nitrogens with two attached hydrogens (primary N) is 1. The van der Waals surface area contributed by atoms with Gasteiger partial charge in [0.15, 0.2) is 29.4 Å². The maximum atomic E-state index is 16.0. The van der Waals surface area contributed by atoms with Gasteiger partial charge >= 0.3 is 12.6 Å². The van der Waals surface area contributed by atoms with Gasteiger partial charge in [-0.15, -0.1) is 11.6 Å². The summed E-state index contributed by atoms with van der Waals surface area (Å²) in [5.41, 5.74) is 4.44. The number of carbonyl (C=O) groups is 1. The lowest BCUT2D eigenvalue weighted by molar-refractivity contribution is -0.148. The van der Waals surface area contributed by atoms with Crippen molar-refractivity contribution in [2.45, 2.75) is 57.8 Å². The van der Waals surface area contributed by atoms with Crippen LogP contribution in [0.4, 0.5) is 16.2 Å². The number of nitrogens with zero attached hydrogens (tertiary/aromatic N) is 5. The van der Waals surface area contributed by atoms with Gasteiger partial charge in [-0.1, -0.05) is 57.2 Å². The minimum Gasteiger partial charge on any atom is -0.464 e. The van der Waals surface area contributed by atoms with Gasteiger partial charge in [0.05, 0.1) is 25.4 Å². The quantitative estimate of drug-likeness (QED) is 0.105. The fourth-order valence-electron chi connectivity index (χ4n) is 5.11. The molecule has 1 saturated heterocycles. The number of esters is 1. The predicted molar refractivity (Wildman–Crippen MR) is 186 cm³/mol. The number of anilines is 2. The van der Waals surface area contributed by atoms with Gasteiger partial charge in [-0.25, -0.2) is 14.5 Å². The molecular weight excluding hydrogens is 684 g/mol. The van der Waals surface area contributed by atoms with Gasteiger partial charge in [0.2, 0.25) is 5.95 Å². The zero-order valence-electron chi connectivity index (χ0n) is 27.5. The number of alkyl halides is 2. The van der Waals surface area contributed by atoms with Gasteiger partial charge in [0.25, 0.3) is 0 Å². The lowest BCUT2D eigenvalue weighted by Crippen LogP contribution is -2.48. The Hall–Kier alpha value is -3.17. The molecule has 0 radical (unpaired) electrons. The third-order valence-electron chi connectivity index (χ3n) is 7.61. The molecule has 1 unspecified atom stereocenters. The molecular formula is C31H40ClFN7O6PS. The highest BCUT2D eigenvalue weighted by atomic mass is 35.5. The number of fused-ring (bicyclic) bond motifs is 2. The average Bonchev–Trinajstić information content (AvgIpc) is 3.56. The van der Waals surface area contributed by atoms with Crippen LogP contribution in [0.3, 0.4) is 0 Å². The molecule has 4 N–H and O–H groups in total. The number of aliphatic hydroxyl groups is 1. The number of hydrogen-bond donors (Lipinski definition) is 3. The number of nitrogen functional groups attached to an aromatic ring is 1. The van der Waals surface area contributed by atoms with Crippen molar-refractivity contribution in [1.29, 1.82) is 0 Å². The summed E-state index contributed by atoms with van der Waals surface area (Å²) in [7, 11) is 3.51. The van der Waals surface area contributed by atoms with E-state index in [1.165, 1.54) is 10.9 Å². The van der Waals surface area contributed by atoms with E-state index >= 15 is 4.39 Å². The number of hydrogen-bond acceptors (Lipinski definition) is 12. The van der Waals surface area contributed by atoms with Crippen molar-refractivity contribution < 1.29 is 32.8 Å². The second-order valence-electron chi connectivity index (χ2n) is 13.1. The first-order valence-corrected chi connectivity index (χ1v) is 18.3. The van der Waals surface area contributed by atoms with Gasteiger partial charge in [0, 0.05) is 19.5 Å². The zero-order valence-corrected chi connectivity index (χ0v) is 29.9. The van der Waals surface area contributed by atoms with Gasteiger partial charge in [-0.2, -0.15) is 9.97 Å². The number of ether oxygens (including phenoxy) is 2. The molecule has 6 atom stereocenters. The van der Waals surface area contributed by atoms with Crippen molar-refractivity contribution in [1.82, 2.24) is 24.6 Å². The molecule has 0 saturated carbocycles. The molecule has 0 amide bonds. The van der Waals surface area contributed by atoms with Crippen molar-refractivity contribution in [3.8, 4) is 5.75 Å². The molecule has 0 aliphatic carbocycles. The van der Waals surface area contributed by atoms with Crippen LogP contribution in [0.1, 0.15) is 33.9 Å². The van der Waals surface area contributed by atoms with E-state index in [-0.39, 0.29) is 29.5 Å². The Bertz CT molecular complexity index is 1840. The third-order valence-corrected chi connectivity index (χ3v) is 10.5. The molecule has 48 heavy (non-hydrogen) atoms. The Morgan fingerprint density at radius 3 is 2.67 bits per heavy atom. The summed E-state index contributed by atoms with van der Waals surface area (Å²) < 4.78 is 41.6. The number of nitrogens with one attached hydrogen (secondary N) is 1. The number of imidazole rings is 1. The van der Waals surface area contributed by atoms with E-state index in [1.807, 2.05) is 51.1 Å². The summed E-state index contributed by atoms with van der Waals surface area (Å²) in [6.07, 6.45) is -3.82. The van der Waals surface area contributed by atoms with Gasteiger partial charge in [-0.05, 0) is 35.6 Å². The summed E-state index contributed by atoms with van der Waals surface area (Å²) in [5, 5.41) is 15.9. The van der Waals surface area contributed by atoms with Crippen LogP contribution in [0.5, 0.6) is 5.75 Å². The van der Waals surface area contributed by atoms with Crippen molar-refractivity contribution in [2.24, 2.45) is 5.41 Å². The number of aliphatic hydroxyl groups excluding tert-OH is 1. The van der Waals surface area contributed by atoms with Crippen LogP contribution in [0, 0.1) is 5.41 Å².